The predicted molar refractivity (Wildman–Crippen MR) is 145 cm³/mol. The highest BCUT2D eigenvalue weighted by Gasteiger charge is 2.16. The van der Waals surface area contributed by atoms with Crippen molar-refractivity contribution < 1.29 is 9.21 Å². The number of carbonyl (C=O) groups excluding carboxylic acids is 1. The van der Waals surface area contributed by atoms with Crippen LogP contribution in [0.4, 0.5) is 5.82 Å². The summed E-state index contributed by atoms with van der Waals surface area (Å²) in [5, 5.41) is 11.8. The highest BCUT2D eigenvalue weighted by molar-refractivity contribution is 9.10. The fourth-order valence-corrected chi connectivity index (χ4v) is 4.32. The molecule has 2 aromatic heterocycles. The Morgan fingerprint density at radius 3 is 2.44 bits per heavy atom. The molecule has 3 heterocycles. The summed E-state index contributed by atoms with van der Waals surface area (Å²) in [4.78, 5) is 22.8. The Hall–Kier alpha value is -3.70. The van der Waals surface area contributed by atoms with E-state index in [9.17, 15) is 10.1 Å². The van der Waals surface area contributed by atoms with E-state index in [-0.39, 0.29) is 11.8 Å². The number of nitrogens with one attached hydrogen (secondary N) is 1. The zero-order valence-electron chi connectivity index (χ0n) is 20.6. The zero-order chi connectivity index (χ0) is 25.7. The number of rotatable bonds is 4. The average Bonchev–Trinajstić information content (AvgIpc) is 3.59. The number of nitriles is 1. The first-order valence-corrected chi connectivity index (χ1v) is 12.7. The molecule has 1 aliphatic heterocycles. The van der Waals surface area contributed by atoms with E-state index in [2.05, 4.69) is 62.1 Å². The van der Waals surface area contributed by atoms with Crippen LogP contribution in [-0.2, 0) is 0 Å². The van der Waals surface area contributed by atoms with Crippen LogP contribution < -0.4 is 10.2 Å². The van der Waals surface area contributed by atoms with Crippen LogP contribution in [0.15, 0.2) is 63.6 Å². The standard InChI is InChI=1S/C19H17N3O2.C9H11BrN2/c1-11(2)15-8-12(10-20)9-16-17(15)24-19(22-16)14-6-4-13(5-7-14)18(23)21-3;10-8-3-4-9(11-7-8)12-5-1-2-6-12/h4-9,11H,1-3H3,(H,21,23);3-4,7H,1-2,5-6H2. The van der Waals surface area contributed by atoms with Crippen LogP contribution in [0.25, 0.3) is 22.6 Å². The molecule has 5 rings (SSSR count). The molecule has 1 N–H and O–H groups in total. The third kappa shape index (κ3) is 5.74. The molecule has 2 aromatic carbocycles. The lowest BCUT2D eigenvalue weighted by Gasteiger charge is -2.15. The van der Waals surface area contributed by atoms with Gasteiger partial charge < -0.3 is 14.6 Å². The SMILES string of the molecule is Brc1ccc(N2CCCC2)nc1.CNC(=O)c1ccc(-c2nc3cc(C#N)cc(C(C)C)c3o2)cc1. The molecular formula is C28H28BrN5O2. The molecule has 1 aliphatic rings. The van der Waals surface area contributed by atoms with Crippen LogP contribution in [0.3, 0.4) is 0 Å². The number of hydrogen-bond acceptors (Lipinski definition) is 6. The quantitative estimate of drug-likeness (QED) is 0.323. The van der Waals surface area contributed by atoms with Crippen molar-refractivity contribution in [3.8, 4) is 17.5 Å². The second-order valence-corrected chi connectivity index (χ2v) is 9.80. The molecule has 8 heteroatoms. The smallest absolute Gasteiger partial charge is 0.251 e. The van der Waals surface area contributed by atoms with E-state index in [4.69, 9.17) is 4.42 Å². The molecule has 0 radical (unpaired) electrons. The lowest BCUT2D eigenvalue weighted by Crippen LogP contribution is -2.18. The number of fused-ring (bicyclic) bond motifs is 1. The van der Waals surface area contributed by atoms with Crippen LogP contribution in [0.2, 0.25) is 0 Å². The fraction of sp³-hybridized carbons (Fsp3) is 0.286. The Bertz CT molecular complexity index is 1380. The van der Waals surface area contributed by atoms with Gasteiger partial charge in [-0.05, 0) is 83.2 Å². The molecule has 1 amide bonds. The molecule has 0 bridgehead atoms. The van der Waals surface area contributed by atoms with E-state index in [0.29, 0.717) is 28.1 Å². The molecule has 0 saturated carbocycles. The van der Waals surface area contributed by atoms with Gasteiger partial charge in [0.05, 0.1) is 11.6 Å². The number of hydrogen-bond donors (Lipinski definition) is 1. The minimum absolute atomic E-state index is 0.139. The van der Waals surface area contributed by atoms with Crippen LogP contribution in [0, 0.1) is 11.3 Å². The molecular weight excluding hydrogens is 518 g/mol. The third-order valence-corrected chi connectivity index (χ3v) is 6.50. The molecule has 0 spiro atoms. The number of halogens is 1. The first-order valence-electron chi connectivity index (χ1n) is 11.9. The zero-order valence-corrected chi connectivity index (χ0v) is 22.2. The summed E-state index contributed by atoms with van der Waals surface area (Å²) in [5.41, 5.74) is 4.27. The first kappa shape index (κ1) is 25.4. The van der Waals surface area contributed by atoms with Crippen LogP contribution in [0.5, 0.6) is 0 Å². The molecule has 0 aliphatic carbocycles. The highest BCUT2D eigenvalue weighted by atomic mass is 79.9. The van der Waals surface area contributed by atoms with Gasteiger partial charge in [0.2, 0.25) is 5.89 Å². The monoisotopic (exact) mass is 545 g/mol. The number of nitrogens with zero attached hydrogens (tertiary/aromatic N) is 4. The van der Waals surface area contributed by atoms with Crippen molar-refractivity contribution in [2.45, 2.75) is 32.6 Å². The highest BCUT2D eigenvalue weighted by Crippen LogP contribution is 2.31. The van der Waals surface area contributed by atoms with Gasteiger partial charge in [-0.3, -0.25) is 4.79 Å². The number of carbonyl (C=O) groups is 1. The Labute approximate surface area is 219 Å². The normalized spacial score (nSPS) is 12.8. The summed E-state index contributed by atoms with van der Waals surface area (Å²) in [7, 11) is 1.59. The maximum absolute atomic E-state index is 11.6. The summed E-state index contributed by atoms with van der Waals surface area (Å²) in [5.74, 6) is 1.67. The molecule has 0 atom stereocenters. The maximum atomic E-state index is 11.6. The van der Waals surface area contributed by atoms with Crippen molar-refractivity contribution in [1.29, 1.82) is 5.26 Å². The summed E-state index contributed by atoms with van der Waals surface area (Å²) < 4.78 is 7.00. The van der Waals surface area contributed by atoms with E-state index >= 15 is 0 Å². The van der Waals surface area contributed by atoms with Crippen molar-refractivity contribution in [1.82, 2.24) is 15.3 Å². The number of amides is 1. The molecule has 36 heavy (non-hydrogen) atoms. The second-order valence-electron chi connectivity index (χ2n) is 8.88. The Morgan fingerprint density at radius 1 is 1.14 bits per heavy atom. The first-order chi connectivity index (χ1) is 17.4. The van der Waals surface area contributed by atoms with Gasteiger partial charge in [0.25, 0.3) is 5.91 Å². The van der Waals surface area contributed by atoms with Gasteiger partial charge in [-0.1, -0.05) is 13.8 Å². The molecule has 184 valence electrons. The van der Waals surface area contributed by atoms with E-state index in [1.54, 1.807) is 37.4 Å². The number of aromatic nitrogens is 2. The van der Waals surface area contributed by atoms with E-state index in [1.165, 1.54) is 12.8 Å². The van der Waals surface area contributed by atoms with E-state index < -0.39 is 0 Å². The van der Waals surface area contributed by atoms with Crippen LogP contribution >= 0.6 is 15.9 Å². The maximum Gasteiger partial charge on any atom is 0.251 e. The third-order valence-electron chi connectivity index (χ3n) is 6.03. The largest absolute Gasteiger partial charge is 0.436 e. The van der Waals surface area contributed by atoms with Gasteiger partial charge in [0, 0.05) is 47.5 Å². The van der Waals surface area contributed by atoms with Gasteiger partial charge in [0.1, 0.15) is 11.3 Å². The minimum Gasteiger partial charge on any atom is -0.436 e. The van der Waals surface area contributed by atoms with Gasteiger partial charge in [-0.25, -0.2) is 9.97 Å². The minimum atomic E-state index is -0.139. The topological polar surface area (TPSA) is 95.0 Å². The number of anilines is 1. The van der Waals surface area contributed by atoms with E-state index in [0.717, 1.165) is 34.5 Å². The van der Waals surface area contributed by atoms with Crippen molar-refractivity contribution in [3.63, 3.8) is 0 Å². The predicted octanol–water partition coefficient (Wildman–Crippen LogP) is 6.29. The fourth-order valence-electron chi connectivity index (χ4n) is 4.09. The molecule has 1 fully saturated rings. The lowest BCUT2D eigenvalue weighted by atomic mass is 10.00. The van der Waals surface area contributed by atoms with Crippen molar-refractivity contribution >= 4 is 38.8 Å². The van der Waals surface area contributed by atoms with Crippen molar-refractivity contribution in [3.05, 3.63) is 75.9 Å². The lowest BCUT2D eigenvalue weighted by molar-refractivity contribution is 0.0963. The van der Waals surface area contributed by atoms with Gasteiger partial charge in [-0.15, -0.1) is 0 Å². The van der Waals surface area contributed by atoms with Gasteiger partial charge in [0.15, 0.2) is 5.58 Å². The van der Waals surface area contributed by atoms with Crippen molar-refractivity contribution in [2.24, 2.45) is 0 Å². The molecule has 0 unspecified atom stereocenters. The molecule has 7 nitrogen and oxygen atoms in total. The Balaban J connectivity index is 0.000000211. The average molecular weight is 546 g/mol. The number of benzene rings is 2. The number of pyridine rings is 1. The van der Waals surface area contributed by atoms with Crippen LogP contribution in [-0.4, -0.2) is 36.0 Å². The van der Waals surface area contributed by atoms with Crippen LogP contribution in [0.1, 0.15) is 54.1 Å². The molecule has 4 aromatic rings. The summed E-state index contributed by atoms with van der Waals surface area (Å²) >= 11 is 3.37. The Kier molecular flexibility index (Phi) is 8.01. The summed E-state index contributed by atoms with van der Waals surface area (Å²) in [6, 6.07) is 16.9. The molecule has 1 saturated heterocycles. The van der Waals surface area contributed by atoms with Gasteiger partial charge >= 0.3 is 0 Å². The summed E-state index contributed by atoms with van der Waals surface area (Å²) in [6.07, 6.45) is 4.46. The Morgan fingerprint density at radius 2 is 1.86 bits per heavy atom. The van der Waals surface area contributed by atoms with Gasteiger partial charge in [-0.2, -0.15) is 5.26 Å². The number of oxazole rings is 1. The summed E-state index contributed by atoms with van der Waals surface area (Å²) in [6.45, 7) is 6.43. The second kappa shape index (κ2) is 11.4. The van der Waals surface area contributed by atoms with Crippen molar-refractivity contribution in [2.75, 3.05) is 25.0 Å². The van der Waals surface area contributed by atoms with E-state index in [1.807, 2.05) is 18.3 Å².